The number of nitrogens with one attached hydrogen (secondary N) is 1. The topological polar surface area (TPSA) is 75.1 Å². The molecule has 0 atom stereocenters. The third kappa shape index (κ3) is 1.99. The van der Waals surface area contributed by atoms with Gasteiger partial charge in [-0.2, -0.15) is 0 Å². The second-order valence-electron chi connectivity index (χ2n) is 3.29. The molecule has 0 fully saturated rings. The Bertz CT molecular complexity index is 362. The average molecular weight is 184 g/mol. The van der Waals surface area contributed by atoms with Crippen LogP contribution in [0.3, 0.4) is 0 Å². The number of aromatic amines is 1. The number of carboxylic acids is 1. The number of H-pyrrole nitrogens is 1. The van der Waals surface area contributed by atoms with Gasteiger partial charge in [-0.25, -0.2) is 9.59 Å². The molecule has 1 aromatic rings. The smallest absolute Gasteiger partial charge is 0.354 e. The van der Waals surface area contributed by atoms with E-state index < -0.39 is 5.97 Å². The predicted molar refractivity (Wildman–Crippen MR) is 46.9 cm³/mol. The van der Waals surface area contributed by atoms with Crippen molar-refractivity contribution in [2.45, 2.75) is 20.4 Å². The number of aromatic nitrogens is 2. The molecule has 0 aliphatic carbocycles. The van der Waals surface area contributed by atoms with Crippen LogP contribution in [0.25, 0.3) is 0 Å². The van der Waals surface area contributed by atoms with E-state index in [1.807, 2.05) is 13.8 Å². The zero-order chi connectivity index (χ0) is 10.0. The monoisotopic (exact) mass is 184 g/mol. The fourth-order valence-electron chi connectivity index (χ4n) is 1.12. The molecule has 0 saturated heterocycles. The molecule has 2 N–H and O–H groups in total. The largest absolute Gasteiger partial charge is 0.477 e. The molecule has 1 aromatic heterocycles. The second-order valence-corrected chi connectivity index (χ2v) is 3.29. The Balaban J connectivity index is 3.09. The first-order valence-electron chi connectivity index (χ1n) is 4.04. The minimum Gasteiger partial charge on any atom is -0.477 e. The normalized spacial score (nSPS) is 10.7. The average Bonchev–Trinajstić information content (AvgIpc) is 2.32. The Morgan fingerprint density at radius 2 is 2.31 bits per heavy atom. The molecule has 0 amide bonds. The van der Waals surface area contributed by atoms with Gasteiger partial charge in [0, 0.05) is 12.7 Å². The van der Waals surface area contributed by atoms with Crippen LogP contribution in [-0.4, -0.2) is 20.6 Å². The van der Waals surface area contributed by atoms with Gasteiger partial charge in [-0.3, -0.25) is 4.57 Å². The molecule has 0 radical (unpaired) electrons. The maximum atomic E-state index is 11.1. The zero-order valence-corrected chi connectivity index (χ0v) is 7.57. The first-order valence-corrected chi connectivity index (χ1v) is 4.04. The van der Waals surface area contributed by atoms with Crippen molar-refractivity contribution in [3.63, 3.8) is 0 Å². The van der Waals surface area contributed by atoms with Crippen molar-refractivity contribution in [2.75, 3.05) is 0 Å². The summed E-state index contributed by atoms with van der Waals surface area (Å²) in [5.74, 6) is -0.842. The lowest BCUT2D eigenvalue weighted by atomic mass is 10.2. The molecular formula is C8H12N2O3. The molecule has 0 aromatic carbocycles. The van der Waals surface area contributed by atoms with Gasteiger partial charge in [0.15, 0.2) is 0 Å². The lowest BCUT2D eigenvalue weighted by Gasteiger charge is -2.06. The van der Waals surface area contributed by atoms with Crippen LogP contribution in [-0.2, 0) is 6.54 Å². The summed E-state index contributed by atoms with van der Waals surface area (Å²) in [5, 5.41) is 8.71. The molecule has 0 unspecified atom stereocenters. The van der Waals surface area contributed by atoms with Gasteiger partial charge >= 0.3 is 11.7 Å². The van der Waals surface area contributed by atoms with Gasteiger partial charge in [0.2, 0.25) is 0 Å². The van der Waals surface area contributed by atoms with Gasteiger partial charge in [-0.05, 0) is 5.92 Å². The summed E-state index contributed by atoms with van der Waals surface area (Å²) in [5.41, 5.74) is -0.357. The fraction of sp³-hybridized carbons (Fsp3) is 0.500. The SMILES string of the molecule is CC(C)Cn1c(C(=O)O)c[nH]c1=O. The molecule has 13 heavy (non-hydrogen) atoms. The minimum atomic E-state index is -1.08. The van der Waals surface area contributed by atoms with Crippen molar-refractivity contribution in [1.29, 1.82) is 0 Å². The number of aromatic carboxylic acids is 1. The Hall–Kier alpha value is -1.52. The number of nitrogens with zero attached hydrogens (tertiary/aromatic N) is 1. The highest BCUT2D eigenvalue weighted by Gasteiger charge is 2.13. The minimum absolute atomic E-state index is 0.0127. The van der Waals surface area contributed by atoms with Gasteiger partial charge in [0.1, 0.15) is 5.69 Å². The molecule has 0 bridgehead atoms. The van der Waals surface area contributed by atoms with Crippen molar-refractivity contribution in [3.8, 4) is 0 Å². The van der Waals surface area contributed by atoms with E-state index in [0.717, 1.165) is 0 Å². The standard InChI is InChI=1S/C8H12N2O3/c1-5(2)4-10-6(7(11)12)3-9-8(10)13/h3,5H,4H2,1-2H3,(H,9,13)(H,11,12). The molecule has 72 valence electrons. The summed E-state index contributed by atoms with van der Waals surface area (Å²) in [6, 6.07) is 0. The van der Waals surface area contributed by atoms with E-state index in [1.165, 1.54) is 10.8 Å². The molecule has 1 rings (SSSR count). The number of rotatable bonds is 3. The number of hydrogen-bond donors (Lipinski definition) is 2. The fourth-order valence-corrected chi connectivity index (χ4v) is 1.12. The lowest BCUT2D eigenvalue weighted by molar-refractivity contribution is 0.0684. The van der Waals surface area contributed by atoms with E-state index >= 15 is 0 Å². The van der Waals surface area contributed by atoms with Crippen LogP contribution in [0.5, 0.6) is 0 Å². The number of imidazole rings is 1. The van der Waals surface area contributed by atoms with Crippen LogP contribution >= 0.6 is 0 Å². The molecule has 0 saturated carbocycles. The Labute approximate surface area is 75.0 Å². The molecule has 0 aliphatic heterocycles. The van der Waals surface area contributed by atoms with Gasteiger partial charge in [0.25, 0.3) is 0 Å². The lowest BCUT2D eigenvalue weighted by Crippen LogP contribution is -2.23. The quantitative estimate of drug-likeness (QED) is 0.719. The molecule has 0 spiro atoms. The van der Waals surface area contributed by atoms with Crippen molar-refractivity contribution >= 4 is 5.97 Å². The number of carbonyl (C=O) groups is 1. The van der Waals surface area contributed by atoms with Crippen LogP contribution in [0, 0.1) is 5.92 Å². The second kappa shape index (κ2) is 3.47. The first kappa shape index (κ1) is 9.57. The number of hydrogen-bond acceptors (Lipinski definition) is 2. The molecular weight excluding hydrogens is 172 g/mol. The van der Waals surface area contributed by atoms with E-state index in [0.29, 0.717) is 6.54 Å². The van der Waals surface area contributed by atoms with E-state index in [9.17, 15) is 9.59 Å². The maximum absolute atomic E-state index is 11.1. The van der Waals surface area contributed by atoms with Crippen LogP contribution in [0.2, 0.25) is 0 Å². The highest BCUT2D eigenvalue weighted by Crippen LogP contribution is 2.00. The predicted octanol–water partition coefficient (Wildman–Crippen LogP) is 0.531. The van der Waals surface area contributed by atoms with Crippen molar-refractivity contribution < 1.29 is 9.90 Å². The van der Waals surface area contributed by atoms with E-state index in [2.05, 4.69) is 4.98 Å². The summed E-state index contributed by atoms with van der Waals surface area (Å²) in [6.07, 6.45) is 1.22. The van der Waals surface area contributed by atoms with Gasteiger partial charge in [0.05, 0.1) is 0 Å². The van der Waals surface area contributed by atoms with Crippen molar-refractivity contribution in [1.82, 2.24) is 9.55 Å². The van der Waals surface area contributed by atoms with Gasteiger partial charge < -0.3 is 10.1 Å². The molecule has 0 aliphatic rings. The van der Waals surface area contributed by atoms with Crippen molar-refractivity contribution in [3.05, 3.63) is 22.4 Å². The van der Waals surface area contributed by atoms with Crippen LogP contribution in [0.1, 0.15) is 24.3 Å². The number of carboxylic acid groups (broad SMARTS) is 1. The van der Waals surface area contributed by atoms with E-state index in [4.69, 9.17) is 5.11 Å². The summed E-state index contributed by atoms with van der Waals surface area (Å²) in [7, 11) is 0. The highest BCUT2D eigenvalue weighted by atomic mass is 16.4. The Morgan fingerprint density at radius 3 is 2.77 bits per heavy atom. The first-order chi connectivity index (χ1) is 6.02. The van der Waals surface area contributed by atoms with Crippen LogP contribution in [0.4, 0.5) is 0 Å². The maximum Gasteiger partial charge on any atom is 0.354 e. The van der Waals surface area contributed by atoms with Crippen LogP contribution < -0.4 is 5.69 Å². The zero-order valence-electron chi connectivity index (χ0n) is 7.57. The van der Waals surface area contributed by atoms with Crippen molar-refractivity contribution in [2.24, 2.45) is 5.92 Å². The van der Waals surface area contributed by atoms with Crippen LogP contribution in [0.15, 0.2) is 11.0 Å². The van der Waals surface area contributed by atoms with E-state index in [-0.39, 0.29) is 17.3 Å². The molecule has 5 nitrogen and oxygen atoms in total. The Kier molecular flexibility index (Phi) is 2.55. The third-order valence-corrected chi connectivity index (χ3v) is 1.64. The van der Waals surface area contributed by atoms with Gasteiger partial charge in [-0.15, -0.1) is 0 Å². The molecule has 5 heteroatoms. The summed E-state index contributed by atoms with van der Waals surface area (Å²) >= 11 is 0. The van der Waals surface area contributed by atoms with Gasteiger partial charge in [-0.1, -0.05) is 13.8 Å². The molecule has 1 heterocycles. The third-order valence-electron chi connectivity index (χ3n) is 1.64. The Morgan fingerprint density at radius 1 is 1.69 bits per heavy atom. The summed E-state index contributed by atoms with van der Waals surface area (Å²) in [6.45, 7) is 4.26. The summed E-state index contributed by atoms with van der Waals surface area (Å²) in [4.78, 5) is 24.1. The van der Waals surface area contributed by atoms with E-state index in [1.54, 1.807) is 0 Å². The summed E-state index contributed by atoms with van der Waals surface area (Å²) < 4.78 is 1.23. The highest BCUT2D eigenvalue weighted by molar-refractivity contribution is 5.85.